The molecule has 2 aromatic rings. The van der Waals surface area contributed by atoms with Crippen molar-refractivity contribution in [3.63, 3.8) is 0 Å². The third-order valence-corrected chi connectivity index (χ3v) is 5.16. The number of aromatic nitrogens is 2. The molecule has 0 fully saturated rings. The normalized spacial score (nSPS) is 15.3. The Morgan fingerprint density at radius 2 is 2.07 bits per heavy atom. The van der Waals surface area contributed by atoms with E-state index < -0.39 is 0 Å². The largest absolute Gasteiger partial charge is 0.480 e. The van der Waals surface area contributed by atoms with Gasteiger partial charge in [0.2, 0.25) is 5.88 Å². The van der Waals surface area contributed by atoms with Crippen molar-refractivity contribution in [3.05, 3.63) is 39.9 Å². The van der Waals surface area contributed by atoms with E-state index in [0.29, 0.717) is 35.7 Å². The maximum absolute atomic E-state index is 13.2. The maximum atomic E-state index is 13.2. The summed E-state index contributed by atoms with van der Waals surface area (Å²) in [4.78, 5) is 33.2. The highest BCUT2D eigenvalue weighted by atomic mass is 16.5. The predicted octanol–water partition coefficient (Wildman–Crippen LogP) is 1.47. The van der Waals surface area contributed by atoms with Gasteiger partial charge in [-0.2, -0.15) is 0 Å². The lowest BCUT2D eigenvalue weighted by atomic mass is 10.0. The number of rotatable bonds is 3. The molecule has 2 aliphatic rings. The molecule has 0 N–H and O–H groups in total. The van der Waals surface area contributed by atoms with Crippen molar-refractivity contribution >= 4 is 11.8 Å². The topological polar surface area (TPSA) is 88.8 Å². The third-order valence-electron chi connectivity index (χ3n) is 5.16. The Bertz CT molecular complexity index is 919. The van der Waals surface area contributed by atoms with Gasteiger partial charge < -0.3 is 19.1 Å². The van der Waals surface area contributed by atoms with Crippen LogP contribution in [0.25, 0.3) is 0 Å². The Hall–Kier alpha value is -2.90. The molecule has 0 unspecified atom stereocenters. The standard InChI is InChI=1S/C19H22N4O4/c1-22(2)19(25)16-13-10-23(8-7-15(13)27-21-16)18(24)12-9-11-5-4-6-14(11)20-17(12)26-3/h9H,4-8,10H2,1-3H3. The highest BCUT2D eigenvalue weighted by molar-refractivity contribution is 5.97. The van der Waals surface area contributed by atoms with Crippen LogP contribution in [0.3, 0.4) is 0 Å². The highest BCUT2D eigenvalue weighted by Crippen LogP contribution is 2.30. The minimum absolute atomic E-state index is 0.149. The molecule has 8 nitrogen and oxygen atoms in total. The summed E-state index contributed by atoms with van der Waals surface area (Å²) in [5, 5.41) is 3.93. The van der Waals surface area contributed by atoms with E-state index in [4.69, 9.17) is 9.26 Å². The molecule has 2 aromatic heterocycles. The van der Waals surface area contributed by atoms with Gasteiger partial charge in [0.25, 0.3) is 11.8 Å². The van der Waals surface area contributed by atoms with Gasteiger partial charge in [0.15, 0.2) is 5.69 Å². The Morgan fingerprint density at radius 3 is 2.81 bits per heavy atom. The second-order valence-corrected chi connectivity index (χ2v) is 7.11. The minimum Gasteiger partial charge on any atom is -0.480 e. The molecule has 0 spiro atoms. The highest BCUT2D eigenvalue weighted by Gasteiger charge is 2.32. The number of methoxy groups -OCH3 is 1. The van der Waals surface area contributed by atoms with Crippen LogP contribution in [-0.2, 0) is 25.8 Å². The van der Waals surface area contributed by atoms with Gasteiger partial charge in [-0.25, -0.2) is 4.98 Å². The summed E-state index contributed by atoms with van der Waals surface area (Å²) in [6.07, 6.45) is 3.43. The number of nitrogens with zero attached hydrogens (tertiary/aromatic N) is 4. The van der Waals surface area contributed by atoms with Crippen LogP contribution >= 0.6 is 0 Å². The van der Waals surface area contributed by atoms with Crippen molar-refractivity contribution in [1.82, 2.24) is 19.9 Å². The van der Waals surface area contributed by atoms with Crippen LogP contribution in [0.15, 0.2) is 10.6 Å². The monoisotopic (exact) mass is 370 g/mol. The maximum Gasteiger partial charge on any atom is 0.275 e. The van der Waals surface area contributed by atoms with Crippen molar-refractivity contribution in [3.8, 4) is 5.88 Å². The number of aryl methyl sites for hydroxylation is 2. The SMILES string of the molecule is COc1nc2c(cc1C(=O)N1CCc3onc(C(=O)N(C)C)c3C1)CCC2. The summed E-state index contributed by atoms with van der Waals surface area (Å²) < 4.78 is 10.7. The summed E-state index contributed by atoms with van der Waals surface area (Å²) in [5.41, 5.74) is 3.55. The van der Waals surface area contributed by atoms with Gasteiger partial charge in [0, 0.05) is 38.3 Å². The molecule has 3 heterocycles. The zero-order chi connectivity index (χ0) is 19.1. The Kier molecular flexibility index (Phi) is 4.33. The fourth-order valence-corrected chi connectivity index (χ4v) is 3.69. The van der Waals surface area contributed by atoms with Crippen LogP contribution in [0.5, 0.6) is 5.88 Å². The molecule has 0 saturated carbocycles. The van der Waals surface area contributed by atoms with Crippen LogP contribution in [-0.4, -0.2) is 59.5 Å². The molecule has 0 saturated heterocycles. The summed E-state index contributed by atoms with van der Waals surface area (Å²) in [7, 11) is 4.86. The molecular weight excluding hydrogens is 348 g/mol. The summed E-state index contributed by atoms with van der Waals surface area (Å²) in [6, 6.07) is 1.91. The lowest BCUT2D eigenvalue weighted by Gasteiger charge is -2.27. The molecule has 1 aliphatic heterocycles. The first-order valence-electron chi connectivity index (χ1n) is 9.04. The number of carbonyl (C=O) groups excluding carboxylic acids is 2. The van der Waals surface area contributed by atoms with Crippen LogP contribution in [0.2, 0.25) is 0 Å². The molecule has 2 amide bonds. The van der Waals surface area contributed by atoms with Crippen LogP contribution in [0, 0.1) is 0 Å². The fourth-order valence-electron chi connectivity index (χ4n) is 3.69. The van der Waals surface area contributed by atoms with E-state index in [1.165, 1.54) is 12.0 Å². The summed E-state index contributed by atoms with van der Waals surface area (Å²) >= 11 is 0. The van der Waals surface area contributed by atoms with Crippen molar-refractivity contribution in [2.24, 2.45) is 0 Å². The number of hydrogen-bond acceptors (Lipinski definition) is 6. The fraction of sp³-hybridized carbons (Fsp3) is 0.474. The van der Waals surface area contributed by atoms with Gasteiger partial charge in [0.1, 0.15) is 11.3 Å². The van der Waals surface area contributed by atoms with Crippen LogP contribution in [0.4, 0.5) is 0 Å². The zero-order valence-electron chi connectivity index (χ0n) is 15.7. The van der Waals surface area contributed by atoms with Crippen molar-refractivity contribution < 1.29 is 18.8 Å². The van der Waals surface area contributed by atoms with Gasteiger partial charge >= 0.3 is 0 Å². The van der Waals surface area contributed by atoms with E-state index in [2.05, 4.69) is 10.1 Å². The molecule has 0 radical (unpaired) electrons. The summed E-state index contributed by atoms with van der Waals surface area (Å²) in [6.45, 7) is 0.781. The van der Waals surface area contributed by atoms with E-state index in [1.54, 1.807) is 19.0 Å². The van der Waals surface area contributed by atoms with Gasteiger partial charge in [-0.05, 0) is 30.9 Å². The van der Waals surface area contributed by atoms with Gasteiger partial charge in [-0.1, -0.05) is 5.16 Å². The van der Waals surface area contributed by atoms with Crippen molar-refractivity contribution in [2.45, 2.75) is 32.2 Å². The average Bonchev–Trinajstić information content (AvgIpc) is 3.31. The Labute approximate surface area is 157 Å². The first-order chi connectivity index (χ1) is 13.0. The van der Waals surface area contributed by atoms with Gasteiger partial charge in [-0.15, -0.1) is 0 Å². The molecule has 0 bridgehead atoms. The lowest BCUT2D eigenvalue weighted by molar-refractivity contribution is 0.0719. The Morgan fingerprint density at radius 1 is 1.26 bits per heavy atom. The van der Waals surface area contributed by atoms with E-state index in [-0.39, 0.29) is 24.1 Å². The molecular formula is C19H22N4O4. The molecule has 4 rings (SSSR count). The molecule has 8 heteroatoms. The molecule has 0 aromatic carbocycles. The van der Waals surface area contributed by atoms with Gasteiger partial charge in [0.05, 0.1) is 13.7 Å². The first-order valence-corrected chi connectivity index (χ1v) is 9.04. The predicted molar refractivity (Wildman–Crippen MR) is 95.8 cm³/mol. The molecule has 1 aliphatic carbocycles. The van der Waals surface area contributed by atoms with Gasteiger partial charge in [-0.3, -0.25) is 9.59 Å². The number of pyridine rings is 1. The smallest absolute Gasteiger partial charge is 0.275 e. The quantitative estimate of drug-likeness (QED) is 0.813. The first kappa shape index (κ1) is 17.5. The average molecular weight is 370 g/mol. The van der Waals surface area contributed by atoms with E-state index in [9.17, 15) is 9.59 Å². The van der Waals surface area contributed by atoms with Crippen LogP contribution < -0.4 is 4.74 Å². The number of carbonyl (C=O) groups is 2. The number of fused-ring (bicyclic) bond motifs is 2. The van der Waals surface area contributed by atoms with Crippen molar-refractivity contribution in [2.75, 3.05) is 27.7 Å². The molecule has 0 atom stereocenters. The second kappa shape index (κ2) is 6.68. The molecule has 27 heavy (non-hydrogen) atoms. The van der Waals surface area contributed by atoms with E-state index in [0.717, 1.165) is 30.5 Å². The number of hydrogen-bond donors (Lipinski definition) is 0. The van der Waals surface area contributed by atoms with Crippen LogP contribution in [0.1, 0.15) is 49.8 Å². The van der Waals surface area contributed by atoms with Crippen molar-refractivity contribution in [1.29, 1.82) is 0 Å². The molecule has 142 valence electrons. The lowest BCUT2D eigenvalue weighted by Crippen LogP contribution is -2.37. The van der Waals surface area contributed by atoms with E-state index in [1.807, 2.05) is 6.07 Å². The number of amides is 2. The zero-order valence-corrected chi connectivity index (χ0v) is 15.7. The second-order valence-electron chi connectivity index (χ2n) is 7.11. The third kappa shape index (κ3) is 2.94. The Balaban J connectivity index is 1.64. The minimum atomic E-state index is -0.230. The number of ether oxygens (including phenoxy) is 1. The summed E-state index contributed by atoms with van der Waals surface area (Å²) in [5.74, 6) is 0.653. The van der Waals surface area contributed by atoms with E-state index >= 15 is 0 Å².